The Balaban J connectivity index is 2.49. The normalized spacial score (nSPS) is 11.8. The zero-order chi connectivity index (χ0) is 13.0. The topological polar surface area (TPSA) is 23.8 Å². The fourth-order valence-corrected chi connectivity index (χ4v) is 2.25. The minimum absolute atomic E-state index is 0.140. The molecule has 1 nitrogen and oxygen atoms in total. The largest absolute Gasteiger partial charge is 0.207 e. The summed E-state index contributed by atoms with van der Waals surface area (Å²) < 4.78 is 13.2. The fourth-order valence-electron chi connectivity index (χ4n) is 2.25. The van der Waals surface area contributed by atoms with E-state index in [2.05, 4.69) is 13.0 Å². The Labute approximate surface area is 107 Å². The first kappa shape index (κ1) is 12.3. The SMILES string of the molecule is CCC(c1ccccc1)c1ccc(F)cc1C#N. The second-order valence-corrected chi connectivity index (χ2v) is 4.21. The first-order chi connectivity index (χ1) is 8.76. The van der Waals surface area contributed by atoms with E-state index in [4.69, 9.17) is 5.26 Å². The molecule has 0 aliphatic heterocycles. The Morgan fingerprint density at radius 1 is 1.17 bits per heavy atom. The van der Waals surface area contributed by atoms with E-state index in [1.54, 1.807) is 6.07 Å². The summed E-state index contributed by atoms with van der Waals surface area (Å²) in [6, 6.07) is 16.5. The molecule has 0 aliphatic rings. The molecule has 0 saturated heterocycles. The van der Waals surface area contributed by atoms with E-state index in [-0.39, 0.29) is 11.7 Å². The number of rotatable bonds is 3. The maximum absolute atomic E-state index is 13.2. The van der Waals surface area contributed by atoms with Crippen LogP contribution in [0.1, 0.15) is 36.0 Å². The van der Waals surface area contributed by atoms with E-state index in [9.17, 15) is 4.39 Å². The third-order valence-electron chi connectivity index (χ3n) is 3.12. The number of halogens is 1. The first-order valence-corrected chi connectivity index (χ1v) is 6.00. The lowest BCUT2D eigenvalue weighted by molar-refractivity contribution is 0.625. The quantitative estimate of drug-likeness (QED) is 0.786. The molecule has 2 aromatic rings. The zero-order valence-corrected chi connectivity index (χ0v) is 10.2. The van der Waals surface area contributed by atoms with Gasteiger partial charge in [0.15, 0.2) is 0 Å². The average Bonchev–Trinajstić information content (AvgIpc) is 2.42. The molecule has 90 valence electrons. The van der Waals surface area contributed by atoms with Gasteiger partial charge in [-0.15, -0.1) is 0 Å². The van der Waals surface area contributed by atoms with E-state index in [0.29, 0.717) is 5.56 Å². The van der Waals surface area contributed by atoms with Gasteiger partial charge in [-0.25, -0.2) is 4.39 Å². The van der Waals surface area contributed by atoms with Crippen molar-refractivity contribution >= 4 is 0 Å². The Hall–Kier alpha value is -2.14. The predicted octanol–water partition coefficient (Wildman–Crippen LogP) is 4.24. The van der Waals surface area contributed by atoms with Gasteiger partial charge in [0.05, 0.1) is 11.6 Å². The lowest BCUT2D eigenvalue weighted by Gasteiger charge is -2.17. The van der Waals surface area contributed by atoms with Crippen molar-refractivity contribution in [2.75, 3.05) is 0 Å². The summed E-state index contributed by atoms with van der Waals surface area (Å²) in [6.07, 6.45) is 0.879. The summed E-state index contributed by atoms with van der Waals surface area (Å²) in [5.74, 6) is -0.223. The van der Waals surface area contributed by atoms with Crippen LogP contribution in [0.3, 0.4) is 0 Å². The molecule has 0 aromatic heterocycles. The summed E-state index contributed by atoms with van der Waals surface area (Å²) in [5.41, 5.74) is 2.47. The van der Waals surface area contributed by atoms with Gasteiger partial charge in [-0.1, -0.05) is 43.3 Å². The molecule has 0 saturated carbocycles. The Kier molecular flexibility index (Phi) is 3.74. The molecule has 0 bridgehead atoms. The van der Waals surface area contributed by atoms with E-state index >= 15 is 0 Å². The highest BCUT2D eigenvalue weighted by atomic mass is 19.1. The van der Waals surface area contributed by atoms with E-state index in [1.165, 1.54) is 12.1 Å². The highest BCUT2D eigenvalue weighted by molar-refractivity contribution is 5.44. The van der Waals surface area contributed by atoms with E-state index in [0.717, 1.165) is 17.5 Å². The highest BCUT2D eigenvalue weighted by Crippen LogP contribution is 2.30. The van der Waals surface area contributed by atoms with Gasteiger partial charge in [-0.05, 0) is 29.7 Å². The standard InChI is InChI=1S/C16H14FN/c1-2-15(12-6-4-3-5-7-12)16-9-8-14(17)10-13(16)11-18/h3-10,15H,2H2,1H3. The highest BCUT2D eigenvalue weighted by Gasteiger charge is 2.16. The van der Waals surface area contributed by atoms with Crippen LogP contribution in [0.5, 0.6) is 0 Å². The van der Waals surface area contributed by atoms with Crippen molar-refractivity contribution in [3.63, 3.8) is 0 Å². The van der Waals surface area contributed by atoms with Crippen LogP contribution in [0.15, 0.2) is 48.5 Å². The third kappa shape index (κ3) is 2.41. The molecule has 18 heavy (non-hydrogen) atoms. The molecule has 1 atom stereocenters. The van der Waals surface area contributed by atoms with E-state index < -0.39 is 0 Å². The van der Waals surface area contributed by atoms with Gasteiger partial charge in [-0.3, -0.25) is 0 Å². The Bertz CT molecular complexity index is 569. The van der Waals surface area contributed by atoms with Crippen molar-refractivity contribution in [3.05, 3.63) is 71.0 Å². The maximum atomic E-state index is 13.2. The van der Waals surface area contributed by atoms with Gasteiger partial charge >= 0.3 is 0 Å². The van der Waals surface area contributed by atoms with Gasteiger partial charge in [0, 0.05) is 5.92 Å². The van der Waals surface area contributed by atoms with Crippen LogP contribution in [0, 0.1) is 17.1 Å². The van der Waals surface area contributed by atoms with Crippen LogP contribution >= 0.6 is 0 Å². The number of hydrogen-bond acceptors (Lipinski definition) is 1. The van der Waals surface area contributed by atoms with Crippen LogP contribution in [0.25, 0.3) is 0 Å². The molecular weight excluding hydrogens is 225 g/mol. The number of hydrogen-bond donors (Lipinski definition) is 0. The number of nitrogens with zero attached hydrogens (tertiary/aromatic N) is 1. The molecule has 0 radical (unpaired) electrons. The van der Waals surface area contributed by atoms with Crippen molar-refractivity contribution in [3.8, 4) is 6.07 Å². The van der Waals surface area contributed by atoms with Crippen molar-refractivity contribution in [1.29, 1.82) is 5.26 Å². The predicted molar refractivity (Wildman–Crippen MR) is 69.7 cm³/mol. The van der Waals surface area contributed by atoms with Gasteiger partial charge in [0.1, 0.15) is 5.82 Å². The van der Waals surface area contributed by atoms with Crippen LogP contribution in [0.2, 0.25) is 0 Å². The molecule has 0 fully saturated rings. The van der Waals surface area contributed by atoms with Crippen molar-refractivity contribution in [2.45, 2.75) is 19.3 Å². The maximum Gasteiger partial charge on any atom is 0.124 e. The number of benzene rings is 2. The van der Waals surface area contributed by atoms with E-state index in [1.807, 2.05) is 30.3 Å². The molecule has 2 heteroatoms. The van der Waals surface area contributed by atoms with Gasteiger partial charge in [0.2, 0.25) is 0 Å². The lowest BCUT2D eigenvalue weighted by Crippen LogP contribution is -2.02. The molecular formula is C16H14FN. The minimum Gasteiger partial charge on any atom is -0.207 e. The third-order valence-corrected chi connectivity index (χ3v) is 3.12. The van der Waals surface area contributed by atoms with Gasteiger partial charge in [-0.2, -0.15) is 5.26 Å². The average molecular weight is 239 g/mol. The molecule has 0 aliphatic carbocycles. The summed E-state index contributed by atoms with van der Waals surface area (Å²) in [7, 11) is 0. The lowest BCUT2D eigenvalue weighted by atomic mass is 9.86. The molecule has 0 amide bonds. The van der Waals surface area contributed by atoms with Crippen LogP contribution in [0.4, 0.5) is 4.39 Å². The molecule has 2 aromatic carbocycles. The molecule has 2 rings (SSSR count). The van der Waals surface area contributed by atoms with Crippen molar-refractivity contribution in [2.24, 2.45) is 0 Å². The van der Waals surface area contributed by atoms with Gasteiger partial charge < -0.3 is 0 Å². The van der Waals surface area contributed by atoms with Crippen molar-refractivity contribution < 1.29 is 4.39 Å². The van der Waals surface area contributed by atoms with Gasteiger partial charge in [0.25, 0.3) is 0 Å². The van der Waals surface area contributed by atoms with Crippen LogP contribution in [-0.2, 0) is 0 Å². The summed E-state index contributed by atoms with van der Waals surface area (Å²) in [5, 5.41) is 9.12. The first-order valence-electron chi connectivity index (χ1n) is 6.00. The second kappa shape index (κ2) is 5.46. The summed E-state index contributed by atoms with van der Waals surface area (Å²) in [4.78, 5) is 0. The smallest absolute Gasteiger partial charge is 0.124 e. The van der Waals surface area contributed by atoms with Crippen LogP contribution in [-0.4, -0.2) is 0 Å². The summed E-state index contributed by atoms with van der Waals surface area (Å²) in [6.45, 7) is 2.07. The molecule has 0 spiro atoms. The zero-order valence-electron chi connectivity index (χ0n) is 10.2. The Morgan fingerprint density at radius 2 is 1.89 bits per heavy atom. The Morgan fingerprint density at radius 3 is 2.50 bits per heavy atom. The summed E-state index contributed by atoms with van der Waals surface area (Å²) >= 11 is 0. The molecule has 1 unspecified atom stereocenters. The molecule has 0 heterocycles. The minimum atomic E-state index is -0.363. The van der Waals surface area contributed by atoms with Crippen molar-refractivity contribution in [1.82, 2.24) is 0 Å². The number of nitriles is 1. The monoisotopic (exact) mass is 239 g/mol. The fraction of sp³-hybridized carbons (Fsp3) is 0.188. The molecule has 0 N–H and O–H groups in total. The van der Waals surface area contributed by atoms with Crippen LogP contribution < -0.4 is 0 Å². The second-order valence-electron chi connectivity index (χ2n) is 4.21.